The number of rotatable bonds is 4. The molecule has 0 fully saturated rings. The largest absolute Gasteiger partial charge is 0.505 e. The van der Waals surface area contributed by atoms with Crippen molar-refractivity contribution >= 4 is 17.2 Å². The van der Waals surface area contributed by atoms with E-state index in [1.807, 2.05) is 30.3 Å². The second-order valence-corrected chi connectivity index (χ2v) is 5.63. The van der Waals surface area contributed by atoms with Crippen molar-refractivity contribution in [3.63, 3.8) is 0 Å². The van der Waals surface area contributed by atoms with Gasteiger partial charge >= 0.3 is 6.30 Å². The lowest BCUT2D eigenvalue weighted by Crippen LogP contribution is -2.23. The number of nitrogens with zero attached hydrogens (tertiary/aromatic N) is 5. The van der Waals surface area contributed by atoms with Gasteiger partial charge in [-0.2, -0.15) is 4.68 Å². The molecule has 3 rings (SSSR count). The molecular weight excluding hydrogens is 345 g/mol. The Balaban J connectivity index is 1.63. The first-order valence-electron chi connectivity index (χ1n) is 6.59. The highest BCUT2D eigenvalue weighted by molar-refractivity contribution is 7.14. The number of carbonyl (C=O) groups excluding carboxylic acids is 1. The Morgan fingerprint density at radius 1 is 1.17 bits per heavy atom. The SMILES string of the molecule is O=C(NCc1nnc(-c2ccccc2)s1)c1cn(C(F)(F)F)nn1. The third kappa shape index (κ3) is 3.56. The summed E-state index contributed by atoms with van der Waals surface area (Å²) in [5.74, 6) is -0.776. The van der Waals surface area contributed by atoms with Crippen LogP contribution in [-0.2, 0) is 12.8 Å². The van der Waals surface area contributed by atoms with Crippen molar-refractivity contribution < 1.29 is 18.0 Å². The molecule has 0 spiro atoms. The molecular formula is C13H9F3N6OS. The second-order valence-electron chi connectivity index (χ2n) is 4.57. The summed E-state index contributed by atoms with van der Waals surface area (Å²) < 4.78 is 36.8. The second kappa shape index (κ2) is 6.35. The van der Waals surface area contributed by atoms with E-state index in [4.69, 9.17) is 0 Å². The van der Waals surface area contributed by atoms with E-state index in [0.29, 0.717) is 16.2 Å². The monoisotopic (exact) mass is 354 g/mol. The Morgan fingerprint density at radius 3 is 2.58 bits per heavy atom. The Morgan fingerprint density at radius 2 is 1.92 bits per heavy atom. The van der Waals surface area contributed by atoms with E-state index in [1.54, 1.807) is 0 Å². The van der Waals surface area contributed by atoms with Crippen LogP contribution in [0.4, 0.5) is 13.2 Å². The first-order valence-corrected chi connectivity index (χ1v) is 7.40. The van der Waals surface area contributed by atoms with E-state index in [9.17, 15) is 18.0 Å². The van der Waals surface area contributed by atoms with Crippen LogP contribution < -0.4 is 5.32 Å². The van der Waals surface area contributed by atoms with Gasteiger partial charge in [0.05, 0.1) is 12.7 Å². The maximum Gasteiger partial charge on any atom is 0.505 e. The Bertz CT molecular complexity index is 845. The molecule has 1 aromatic carbocycles. The van der Waals surface area contributed by atoms with Gasteiger partial charge in [0, 0.05) is 5.56 Å². The van der Waals surface area contributed by atoms with Crippen LogP contribution in [0.2, 0.25) is 0 Å². The minimum Gasteiger partial charge on any atom is -0.344 e. The number of halogens is 3. The molecule has 124 valence electrons. The molecule has 24 heavy (non-hydrogen) atoms. The molecule has 0 aliphatic rings. The Kier molecular flexibility index (Phi) is 4.25. The van der Waals surface area contributed by atoms with Gasteiger partial charge in [0.15, 0.2) is 5.69 Å². The normalized spacial score (nSPS) is 11.5. The van der Waals surface area contributed by atoms with E-state index in [0.717, 1.165) is 5.56 Å². The van der Waals surface area contributed by atoms with Crippen LogP contribution >= 0.6 is 11.3 Å². The smallest absolute Gasteiger partial charge is 0.344 e. The zero-order valence-corrected chi connectivity index (χ0v) is 12.7. The fourth-order valence-corrected chi connectivity index (χ4v) is 2.55. The number of hydrogen-bond donors (Lipinski definition) is 1. The molecule has 0 atom stereocenters. The van der Waals surface area contributed by atoms with Crippen molar-refractivity contribution in [1.29, 1.82) is 0 Å². The molecule has 1 amide bonds. The number of amides is 1. The summed E-state index contributed by atoms with van der Waals surface area (Å²) in [6.45, 7) is 0.0300. The molecule has 0 bridgehead atoms. The van der Waals surface area contributed by atoms with Crippen molar-refractivity contribution in [3.05, 3.63) is 47.2 Å². The van der Waals surface area contributed by atoms with E-state index in [1.165, 1.54) is 11.3 Å². The Hall–Kier alpha value is -2.82. The maximum atomic E-state index is 12.4. The maximum absolute atomic E-state index is 12.4. The molecule has 0 saturated carbocycles. The van der Waals surface area contributed by atoms with E-state index in [-0.39, 0.29) is 11.2 Å². The summed E-state index contributed by atoms with van der Waals surface area (Å²) in [7, 11) is 0. The van der Waals surface area contributed by atoms with Crippen LogP contribution in [0.15, 0.2) is 36.5 Å². The minimum absolute atomic E-state index is 0.0300. The zero-order valence-electron chi connectivity index (χ0n) is 11.9. The molecule has 0 aliphatic heterocycles. The molecule has 2 aromatic heterocycles. The van der Waals surface area contributed by atoms with Crippen LogP contribution in [0.5, 0.6) is 0 Å². The number of nitrogens with one attached hydrogen (secondary N) is 1. The molecule has 0 aliphatic carbocycles. The van der Waals surface area contributed by atoms with Gasteiger partial charge in [0.25, 0.3) is 5.91 Å². The summed E-state index contributed by atoms with van der Waals surface area (Å²) >= 11 is 1.27. The lowest BCUT2D eigenvalue weighted by Gasteiger charge is -2.02. The number of alkyl halides is 3. The predicted molar refractivity (Wildman–Crippen MR) is 77.8 cm³/mol. The van der Waals surface area contributed by atoms with Crippen molar-refractivity contribution in [2.24, 2.45) is 0 Å². The third-order valence-corrected chi connectivity index (χ3v) is 3.85. The number of aromatic nitrogens is 5. The van der Waals surface area contributed by atoms with Crippen molar-refractivity contribution in [1.82, 2.24) is 30.5 Å². The third-order valence-electron chi connectivity index (χ3n) is 2.87. The van der Waals surface area contributed by atoms with Crippen LogP contribution in [0, 0.1) is 0 Å². The fraction of sp³-hybridized carbons (Fsp3) is 0.154. The van der Waals surface area contributed by atoms with Crippen LogP contribution in [-0.4, -0.2) is 31.1 Å². The van der Waals surface area contributed by atoms with Gasteiger partial charge < -0.3 is 5.32 Å². The average Bonchev–Trinajstić information content (AvgIpc) is 3.22. The van der Waals surface area contributed by atoms with Gasteiger partial charge in [0.1, 0.15) is 10.0 Å². The van der Waals surface area contributed by atoms with Gasteiger partial charge in [-0.3, -0.25) is 4.79 Å². The molecule has 2 heterocycles. The lowest BCUT2D eigenvalue weighted by atomic mass is 10.2. The van der Waals surface area contributed by atoms with Gasteiger partial charge in [-0.25, -0.2) is 0 Å². The van der Waals surface area contributed by atoms with E-state index >= 15 is 0 Å². The van der Waals surface area contributed by atoms with Crippen molar-refractivity contribution in [2.75, 3.05) is 0 Å². The van der Waals surface area contributed by atoms with E-state index in [2.05, 4.69) is 25.8 Å². The summed E-state index contributed by atoms with van der Waals surface area (Å²) in [6.07, 6.45) is -4.19. The highest BCUT2D eigenvalue weighted by Gasteiger charge is 2.33. The number of carbonyl (C=O) groups is 1. The lowest BCUT2D eigenvalue weighted by molar-refractivity contribution is -0.213. The standard InChI is InChI=1S/C13H9F3N6OS/c14-13(15,16)22-7-9(18-21-22)11(23)17-6-10-19-20-12(24-10)8-4-2-1-3-5-8/h1-5,7H,6H2,(H,17,23). The van der Waals surface area contributed by atoms with Gasteiger partial charge in [-0.15, -0.1) is 28.5 Å². The summed E-state index contributed by atoms with van der Waals surface area (Å²) in [4.78, 5) is 11.8. The van der Waals surface area contributed by atoms with E-state index < -0.39 is 17.9 Å². The zero-order chi connectivity index (χ0) is 17.2. The molecule has 3 aromatic rings. The number of hydrogen-bond acceptors (Lipinski definition) is 6. The first-order chi connectivity index (χ1) is 11.4. The molecule has 7 nitrogen and oxygen atoms in total. The highest BCUT2D eigenvalue weighted by atomic mass is 32.1. The fourth-order valence-electron chi connectivity index (χ4n) is 1.76. The van der Waals surface area contributed by atoms with Crippen LogP contribution in [0.3, 0.4) is 0 Å². The summed E-state index contributed by atoms with van der Waals surface area (Å²) in [5.41, 5.74) is 0.459. The molecule has 0 radical (unpaired) electrons. The van der Waals surface area contributed by atoms with Crippen LogP contribution in [0.1, 0.15) is 15.5 Å². The number of benzene rings is 1. The van der Waals surface area contributed by atoms with Gasteiger partial charge in [0.2, 0.25) is 0 Å². The highest BCUT2D eigenvalue weighted by Crippen LogP contribution is 2.23. The Labute approximate surface area is 137 Å². The summed E-state index contributed by atoms with van der Waals surface area (Å²) in [5, 5.41) is 17.6. The molecule has 0 saturated heterocycles. The minimum atomic E-state index is -4.71. The van der Waals surface area contributed by atoms with Gasteiger partial charge in [-0.05, 0) is 0 Å². The van der Waals surface area contributed by atoms with Crippen molar-refractivity contribution in [3.8, 4) is 10.6 Å². The van der Waals surface area contributed by atoms with Crippen LogP contribution in [0.25, 0.3) is 10.6 Å². The molecule has 11 heteroatoms. The first kappa shape index (κ1) is 16.1. The molecule has 1 N–H and O–H groups in total. The summed E-state index contributed by atoms with van der Waals surface area (Å²) in [6, 6.07) is 9.35. The van der Waals surface area contributed by atoms with Gasteiger partial charge in [-0.1, -0.05) is 46.9 Å². The predicted octanol–water partition coefficient (Wildman–Crippen LogP) is 2.20. The quantitative estimate of drug-likeness (QED) is 0.776. The topological polar surface area (TPSA) is 85.6 Å². The molecule has 0 unspecified atom stereocenters. The average molecular weight is 354 g/mol. The van der Waals surface area contributed by atoms with Crippen molar-refractivity contribution in [2.45, 2.75) is 12.8 Å².